The third-order valence-electron chi connectivity index (χ3n) is 5.24. The number of benzene rings is 3. The van der Waals surface area contributed by atoms with Crippen LogP contribution in [0.5, 0.6) is 11.5 Å². The highest BCUT2D eigenvalue weighted by Gasteiger charge is 2.31. The monoisotopic (exact) mass is 375 g/mol. The number of rotatable bonds is 7. The first-order valence-corrected chi connectivity index (χ1v) is 9.14. The van der Waals surface area contributed by atoms with Crippen LogP contribution in [0, 0.1) is 0 Å². The van der Waals surface area contributed by atoms with E-state index in [1.807, 2.05) is 36.4 Å². The van der Waals surface area contributed by atoms with Crippen LogP contribution >= 0.6 is 0 Å². The van der Waals surface area contributed by atoms with Gasteiger partial charge < -0.3 is 15.2 Å². The van der Waals surface area contributed by atoms with Gasteiger partial charge in [-0.3, -0.25) is 4.79 Å². The lowest BCUT2D eigenvalue weighted by Gasteiger charge is -2.32. The normalized spacial score (nSPS) is 11.1. The van der Waals surface area contributed by atoms with Gasteiger partial charge in [-0.15, -0.1) is 0 Å². The molecule has 0 aliphatic rings. The quantitative estimate of drug-likeness (QED) is 0.633. The highest BCUT2D eigenvalue weighted by atomic mass is 16.5. The second-order valence-corrected chi connectivity index (χ2v) is 6.92. The second-order valence-electron chi connectivity index (χ2n) is 6.92. The van der Waals surface area contributed by atoms with Gasteiger partial charge in [-0.25, -0.2) is 0 Å². The van der Waals surface area contributed by atoms with Crippen LogP contribution in [0.1, 0.15) is 29.2 Å². The molecule has 0 spiro atoms. The molecule has 3 aromatic rings. The van der Waals surface area contributed by atoms with Gasteiger partial charge >= 0.3 is 0 Å². The maximum absolute atomic E-state index is 11.2. The molecule has 0 radical (unpaired) electrons. The lowest BCUT2D eigenvalue weighted by atomic mass is 9.71. The molecule has 144 valence electrons. The largest absolute Gasteiger partial charge is 0.497 e. The Morgan fingerprint density at radius 2 is 1.11 bits per heavy atom. The van der Waals surface area contributed by atoms with Crippen molar-refractivity contribution in [2.24, 2.45) is 5.73 Å². The van der Waals surface area contributed by atoms with Crippen molar-refractivity contribution in [3.05, 3.63) is 95.1 Å². The third kappa shape index (κ3) is 3.86. The smallest absolute Gasteiger partial charge is 0.221 e. The van der Waals surface area contributed by atoms with Crippen molar-refractivity contribution in [1.82, 2.24) is 0 Å². The van der Waals surface area contributed by atoms with Gasteiger partial charge in [-0.1, -0.05) is 48.5 Å². The molecular formula is C24H25NO3. The summed E-state index contributed by atoms with van der Waals surface area (Å²) >= 11 is 0. The summed E-state index contributed by atoms with van der Waals surface area (Å²) in [4.78, 5) is 11.2. The van der Waals surface area contributed by atoms with E-state index in [0.29, 0.717) is 0 Å². The molecule has 4 heteroatoms. The van der Waals surface area contributed by atoms with Gasteiger partial charge in [-0.2, -0.15) is 0 Å². The van der Waals surface area contributed by atoms with E-state index in [-0.39, 0.29) is 17.7 Å². The number of carbonyl (C=O) groups is 1. The Morgan fingerprint density at radius 1 is 0.750 bits per heavy atom. The van der Waals surface area contributed by atoms with Crippen molar-refractivity contribution in [2.75, 3.05) is 14.2 Å². The van der Waals surface area contributed by atoms with E-state index in [1.165, 1.54) is 0 Å². The average Bonchev–Trinajstić information content (AvgIpc) is 2.73. The van der Waals surface area contributed by atoms with Gasteiger partial charge in [0.15, 0.2) is 0 Å². The molecule has 1 amide bonds. The molecule has 0 aliphatic heterocycles. The summed E-state index contributed by atoms with van der Waals surface area (Å²) < 4.78 is 10.6. The Balaban J connectivity index is 2.10. The number of hydrogen-bond acceptors (Lipinski definition) is 3. The molecule has 0 saturated carbocycles. The molecule has 0 aromatic heterocycles. The highest BCUT2D eigenvalue weighted by molar-refractivity contribution is 5.76. The summed E-state index contributed by atoms with van der Waals surface area (Å²) in [5.74, 6) is 1.30. The molecule has 3 rings (SSSR count). The fourth-order valence-electron chi connectivity index (χ4n) is 3.51. The lowest BCUT2D eigenvalue weighted by Crippen LogP contribution is -2.25. The van der Waals surface area contributed by atoms with Crippen molar-refractivity contribution in [2.45, 2.75) is 18.8 Å². The molecule has 4 nitrogen and oxygen atoms in total. The fraction of sp³-hybridized carbons (Fsp3) is 0.208. The molecule has 2 N–H and O–H groups in total. The van der Waals surface area contributed by atoms with Gasteiger partial charge in [0.2, 0.25) is 5.91 Å². The summed E-state index contributed by atoms with van der Waals surface area (Å²) in [6.45, 7) is 2.19. The van der Waals surface area contributed by atoms with Crippen LogP contribution in [0.15, 0.2) is 72.8 Å². The minimum absolute atomic E-state index is 0.238. The first-order chi connectivity index (χ1) is 13.5. The van der Waals surface area contributed by atoms with E-state index >= 15 is 0 Å². The molecule has 0 fully saturated rings. The van der Waals surface area contributed by atoms with Crippen molar-refractivity contribution in [1.29, 1.82) is 0 Å². The maximum Gasteiger partial charge on any atom is 0.221 e. The Labute approximate surface area is 165 Å². The topological polar surface area (TPSA) is 61.5 Å². The maximum atomic E-state index is 11.2. The number of carbonyl (C=O) groups excluding carboxylic acids is 1. The fourth-order valence-corrected chi connectivity index (χ4v) is 3.51. The molecular weight excluding hydrogens is 350 g/mol. The van der Waals surface area contributed by atoms with Gasteiger partial charge in [0.25, 0.3) is 0 Å². The molecule has 0 saturated heterocycles. The Bertz CT molecular complexity index is 882. The summed E-state index contributed by atoms with van der Waals surface area (Å²) in [6, 6.07) is 24.3. The molecule has 0 bridgehead atoms. The van der Waals surface area contributed by atoms with Crippen molar-refractivity contribution in [3.8, 4) is 11.5 Å². The van der Waals surface area contributed by atoms with Crippen LogP contribution in [0.2, 0.25) is 0 Å². The van der Waals surface area contributed by atoms with Crippen molar-refractivity contribution in [3.63, 3.8) is 0 Å². The first-order valence-electron chi connectivity index (χ1n) is 9.14. The zero-order valence-corrected chi connectivity index (χ0v) is 16.4. The summed E-state index contributed by atoms with van der Waals surface area (Å²) in [6.07, 6.45) is 0.238. The van der Waals surface area contributed by atoms with Crippen LogP contribution in [-0.2, 0) is 16.6 Å². The van der Waals surface area contributed by atoms with Crippen LogP contribution in [0.4, 0.5) is 0 Å². The van der Waals surface area contributed by atoms with E-state index in [4.69, 9.17) is 15.2 Å². The van der Waals surface area contributed by atoms with E-state index in [0.717, 1.165) is 33.8 Å². The molecule has 3 aromatic carbocycles. The van der Waals surface area contributed by atoms with E-state index in [2.05, 4.69) is 43.3 Å². The van der Waals surface area contributed by atoms with Gasteiger partial charge in [0.05, 0.1) is 20.6 Å². The van der Waals surface area contributed by atoms with Gasteiger partial charge in [-0.05, 0) is 53.4 Å². The predicted octanol–water partition coefficient (Wildman–Crippen LogP) is 4.09. The molecule has 0 aliphatic carbocycles. The van der Waals surface area contributed by atoms with Crippen molar-refractivity contribution >= 4 is 5.91 Å². The van der Waals surface area contributed by atoms with Crippen LogP contribution in [0.3, 0.4) is 0 Å². The third-order valence-corrected chi connectivity index (χ3v) is 5.24. The van der Waals surface area contributed by atoms with Gasteiger partial charge in [0.1, 0.15) is 11.5 Å². The van der Waals surface area contributed by atoms with Gasteiger partial charge in [0, 0.05) is 5.41 Å². The van der Waals surface area contributed by atoms with E-state index < -0.39 is 0 Å². The standard InChI is InChI=1S/C24H25NO3/c1-24(19-8-12-21(27-2)13-9-19,20-10-14-22(28-3)15-11-20)18-6-4-17(5-7-18)16-23(25)26/h4-15H,16H2,1-3H3,(H2,25,26). The number of nitrogens with two attached hydrogens (primary N) is 1. The summed E-state index contributed by atoms with van der Waals surface area (Å²) in [5.41, 5.74) is 9.24. The number of primary amides is 1. The number of ether oxygens (including phenoxy) is 2. The highest BCUT2D eigenvalue weighted by Crippen LogP contribution is 2.40. The van der Waals surface area contributed by atoms with Crippen LogP contribution < -0.4 is 15.2 Å². The molecule has 28 heavy (non-hydrogen) atoms. The average molecular weight is 375 g/mol. The van der Waals surface area contributed by atoms with Crippen LogP contribution in [0.25, 0.3) is 0 Å². The number of methoxy groups -OCH3 is 2. The Kier molecular flexibility index (Phi) is 5.69. The molecule has 0 unspecified atom stereocenters. The lowest BCUT2D eigenvalue weighted by molar-refractivity contribution is -0.117. The molecule has 0 atom stereocenters. The Hall–Kier alpha value is -3.27. The first kappa shape index (κ1) is 19.5. The zero-order valence-electron chi connectivity index (χ0n) is 16.4. The number of amides is 1. The predicted molar refractivity (Wildman–Crippen MR) is 111 cm³/mol. The molecule has 0 heterocycles. The number of hydrogen-bond donors (Lipinski definition) is 1. The van der Waals surface area contributed by atoms with Crippen LogP contribution in [-0.4, -0.2) is 20.1 Å². The Morgan fingerprint density at radius 3 is 1.43 bits per heavy atom. The van der Waals surface area contributed by atoms with E-state index in [9.17, 15) is 4.79 Å². The minimum atomic E-state index is -0.385. The minimum Gasteiger partial charge on any atom is -0.497 e. The zero-order chi connectivity index (χ0) is 20.1. The van der Waals surface area contributed by atoms with Crippen molar-refractivity contribution < 1.29 is 14.3 Å². The summed E-state index contributed by atoms with van der Waals surface area (Å²) in [5, 5.41) is 0. The van der Waals surface area contributed by atoms with E-state index in [1.54, 1.807) is 14.2 Å². The second kappa shape index (κ2) is 8.17. The summed E-state index contributed by atoms with van der Waals surface area (Å²) in [7, 11) is 3.32. The SMILES string of the molecule is COc1ccc(C(C)(c2ccc(CC(N)=O)cc2)c2ccc(OC)cc2)cc1.